The van der Waals surface area contributed by atoms with Gasteiger partial charge in [-0.2, -0.15) is 0 Å². The van der Waals surface area contributed by atoms with E-state index in [-0.39, 0.29) is 32.2 Å². The molecule has 264 valence electrons. The van der Waals surface area contributed by atoms with Crippen molar-refractivity contribution in [1.29, 1.82) is 0 Å². The number of nitrogens with zero attached hydrogens (tertiary/aromatic N) is 3. The van der Waals surface area contributed by atoms with E-state index >= 15 is 0 Å². The van der Waals surface area contributed by atoms with Crippen LogP contribution in [0.25, 0.3) is 0 Å². The number of ether oxygens (including phenoxy) is 1. The molecule has 0 saturated carbocycles. The van der Waals surface area contributed by atoms with Gasteiger partial charge in [-0.1, -0.05) is 46.6 Å². The number of benzene rings is 1. The predicted octanol–water partition coefficient (Wildman–Crippen LogP) is 2.89. The molecule has 21 heteroatoms. The first-order valence-electron chi connectivity index (χ1n) is 14.3. The molecule has 4 heterocycles. The van der Waals surface area contributed by atoms with Crippen LogP contribution in [0.5, 0.6) is 0 Å². The summed E-state index contributed by atoms with van der Waals surface area (Å²) in [5.41, 5.74) is 2.06. The number of aromatic amines is 1. The number of hydrogen-bond donors (Lipinski definition) is 5. The van der Waals surface area contributed by atoms with Crippen LogP contribution in [-0.2, 0) is 28.8 Å². The van der Waals surface area contributed by atoms with E-state index in [4.69, 9.17) is 15.3 Å². The molecular formula is C29H28N6O10S5. The highest BCUT2D eigenvalue weighted by molar-refractivity contribution is 8.02. The van der Waals surface area contributed by atoms with Crippen molar-refractivity contribution in [2.75, 3.05) is 17.2 Å². The highest BCUT2D eigenvalue weighted by Crippen LogP contribution is 2.42. The van der Waals surface area contributed by atoms with E-state index in [2.05, 4.69) is 19.8 Å². The van der Waals surface area contributed by atoms with Crippen molar-refractivity contribution in [3.05, 3.63) is 68.6 Å². The lowest BCUT2D eigenvalue weighted by atomic mass is 10.0. The van der Waals surface area contributed by atoms with Gasteiger partial charge >= 0.3 is 17.9 Å². The average Bonchev–Trinajstić information content (AvgIpc) is 3.65. The second-order valence-electron chi connectivity index (χ2n) is 11.3. The number of carboxylic acids is 2. The number of H-pyrrole nitrogens is 1. The Morgan fingerprint density at radius 3 is 2.52 bits per heavy atom. The number of thioether (sulfide) groups is 3. The van der Waals surface area contributed by atoms with E-state index in [1.165, 1.54) is 17.1 Å². The van der Waals surface area contributed by atoms with Crippen LogP contribution in [0, 0.1) is 0 Å². The summed E-state index contributed by atoms with van der Waals surface area (Å²) in [5.74, 6) is -5.04. The molecule has 2 aromatic heterocycles. The zero-order valence-corrected chi connectivity index (χ0v) is 30.3. The van der Waals surface area contributed by atoms with Crippen LogP contribution in [0.15, 0.2) is 66.0 Å². The number of oxime groups is 1. The monoisotopic (exact) mass is 780 g/mol. The fourth-order valence-electron chi connectivity index (χ4n) is 4.52. The maximum Gasteiger partial charge on any atom is 0.361 e. The van der Waals surface area contributed by atoms with Gasteiger partial charge in [0, 0.05) is 21.8 Å². The normalized spacial score (nSPS) is 18.2. The first-order chi connectivity index (χ1) is 23.6. The lowest BCUT2D eigenvalue weighted by Gasteiger charge is -2.49. The molecular weight excluding hydrogens is 753 g/mol. The minimum atomic E-state index is -1.42. The van der Waals surface area contributed by atoms with Gasteiger partial charge in [-0.15, -0.1) is 34.9 Å². The number of esters is 1. The number of rotatable bonds is 13. The topological polar surface area (TPSA) is 244 Å². The van der Waals surface area contributed by atoms with Crippen molar-refractivity contribution in [2.24, 2.45) is 5.16 Å². The summed E-state index contributed by atoms with van der Waals surface area (Å²) in [6, 6.07) is 7.68. The van der Waals surface area contributed by atoms with Gasteiger partial charge in [-0.05, 0) is 38.5 Å². The first-order valence-corrected chi connectivity index (χ1v) is 18.9. The molecule has 0 spiro atoms. The van der Waals surface area contributed by atoms with Gasteiger partial charge in [0.05, 0.1) is 4.21 Å². The second kappa shape index (κ2) is 15.3. The molecule has 1 aromatic carbocycles. The molecule has 1 fully saturated rings. The van der Waals surface area contributed by atoms with Gasteiger partial charge < -0.3 is 30.8 Å². The van der Waals surface area contributed by atoms with Gasteiger partial charge in [-0.3, -0.25) is 23.7 Å². The third-order valence-corrected chi connectivity index (χ3v) is 11.9. The molecule has 3 unspecified atom stereocenters. The summed E-state index contributed by atoms with van der Waals surface area (Å²) in [4.78, 5) is 87.3. The van der Waals surface area contributed by atoms with Crippen LogP contribution in [-0.4, -0.2) is 93.9 Å². The van der Waals surface area contributed by atoms with Crippen LogP contribution in [0.3, 0.4) is 0 Å². The number of anilines is 1. The number of nitrogen functional groups attached to an aromatic ring is 1. The zero-order chi connectivity index (χ0) is 36.3. The standard InChI is InChI=1S/C29H28N6O10S5/c1-29(2,3)44-25(43)26(49-13-7-5-4-6-8-13)45-33-16(14-11-48-28(30)31-14)20(37)32-17-21(38)35-18(24(41)42)12(9-46-22(17)35)10-47-27-15(23(39)40)19(36)34-50-27/h4-8,11,17,22,26H,9-10H2,1-3H3,(H2,30,31)(H,32,37)(H,34,36)(H,39,40)(H,41,42)/b33-16-. The third-order valence-electron chi connectivity index (χ3n) is 6.60. The number of nitrogens with two attached hydrogens (primary N) is 1. The summed E-state index contributed by atoms with van der Waals surface area (Å²) in [6.45, 7) is 5.06. The number of thiazole rings is 1. The number of hydrogen-bond acceptors (Lipinski definition) is 16. The summed E-state index contributed by atoms with van der Waals surface area (Å²) in [5, 5.41) is 26.7. The van der Waals surface area contributed by atoms with E-state index in [1.807, 2.05) is 0 Å². The molecule has 2 amide bonds. The number of carbonyl (C=O) groups excluding carboxylic acids is 3. The van der Waals surface area contributed by atoms with Crippen LogP contribution in [0.4, 0.5) is 5.13 Å². The van der Waals surface area contributed by atoms with E-state index in [0.717, 1.165) is 51.3 Å². The number of fused-ring (bicyclic) bond motifs is 1. The number of nitrogens with one attached hydrogen (secondary N) is 2. The molecule has 1 saturated heterocycles. The number of aliphatic carboxylic acids is 1. The maximum atomic E-state index is 13.7. The van der Waals surface area contributed by atoms with Crippen LogP contribution in [0.1, 0.15) is 36.8 Å². The van der Waals surface area contributed by atoms with Gasteiger partial charge in [0.2, 0.25) is 0 Å². The van der Waals surface area contributed by atoms with Crippen molar-refractivity contribution in [2.45, 2.75) is 52.3 Å². The van der Waals surface area contributed by atoms with Gasteiger partial charge in [-0.25, -0.2) is 19.4 Å². The Labute approximate surface area is 304 Å². The minimum Gasteiger partial charge on any atom is -0.477 e. The van der Waals surface area contributed by atoms with Gasteiger partial charge in [0.25, 0.3) is 22.8 Å². The van der Waals surface area contributed by atoms with Crippen molar-refractivity contribution < 1.29 is 43.8 Å². The molecule has 6 N–H and O–H groups in total. The molecule has 2 aliphatic rings. The van der Waals surface area contributed by atoms with E-state index < -0.39 is 69.0 Å². The largest absolute Gasteiger partial charge is 0.477 e. The number of carbonyl (C=O) groups is 5. The molecule has 0 aliphatic carbocycles. The molecule has 5 rings (SSSR count). The molecule has 0 bridgehead atoms. The molecule has 0 radical (unpaired) electrons. The van der Waals surface area contributed by atoms with E-state index in [1.54, 1.807) is 51.1 Å². The van der Waals surface area contributed by atoms with Crippen molar-refractivity contribution in [1.82, 2.24) is 19.6 Å². The number of carboxylic acid groups (broad SMARTS) is 2. The number of amides is 2. The quantitative estimate of drug-likeness (QED) is 0.0418. The van der Waals surface area contributed by atoms with Crippen molar-refractivity contribution in [3.63, 3.8) is 0 Å². The number of aromatic nitrogens is 2. The Morgan fingerprint density at radius 2 is 1.90 bits per heavy atom. The molecule has 3 aromatic rings. The summed E-state index contributed by atoms with van der Waals surface area (Å²) < 4.78 is 8.02. The van der Waals surface area contributed by atoms with Crippen LogP contribution >= 0.6 is 58.2 Å². The SMILES string of the molecule is CC(C)(C)OC(=O)C(O/N=C(\C(=O)NC1C(=O)N2C(C(=O)O)=C(CSc3s[nH]c(=O)c3C(=O)O)CSC12)c1csc(N)n1)Sc1ccccc1. The smallest absolute Gasteiger partial charge is 0.361 e. The summed E-state index contributed by atoms with van der Waals surface area (Å²) >= 11 is 4.99. The van der Waals surface area contributed by atoms with Crippen molar-refractivity contribution in [3.8, 4) is 0 Å². The van der Waals surface area contributed by atoms with Gasteiger partial charge in [0.15, 0.2) is 16.4 Å². The van der Waals surface area contributed by atoms with Gasteiger partial charge in [0.1, 0.15) is 28.4 Å². The van der Waals surface area contributed by atoms with Crippen LogP contribution in [0.2, 0.25) is 0 Å². The predicted molar refractivity (Wildman–Crippen MR) is 188 cm³/mol. The number of β-lactam (4-membered cyclic amide) rings is 1. The maximum absolute atomic E-state index is 13.7. The van der Waals surface area contributed by atoms with Crippen molar-refractivity contribution >= 4 is 98.7 Å². The third kappa shape index (κ3) is 8.34. The molecule has 50 heavy (non-hydrogen) atoms. The average molecular weight is 781 g/mol. The van der Waals surface area contributed by atoms with E-state index in [0.29, 0.717) is 10.5 Å². The Kier molecular flexibility index (Phi) is 11.3. The molecule has 2 aliphatic heterocycles. The van der Waals surface area contributed by atoms with Crippen LogP contribution < -0.4 is 16.6 Å². The Morgan fingerprint density at radius 1 is 1.18 bits per heavy atom. The molecule has 3 atom stereocenters. The number of aromatic carboxylic acids is 1. The summed E-state index contributed by atoms with van der Waals surface area (Å²) in [6.07, 6.45) is 0. The molecule has 16 nitrogen and oxygen atoms in total. The minimum absolute atomic E-state index is 0.00453. The first kappa shape index (κ1) is 37.0. The lowest BCUT2D eigenvalue weighted by Crippen LogP contribution is -2.71. The van der Waals surface area contributed by atoms with E-state index in [9.17, 15) is 39.0 Å². The fraction of sp³-hybridized carbons (Fsp3) is 0.310. The second-order valence-corrected chi connectivity index (χ2v) is 16.5. The Hall–Kier alpha value is -4.31. The fourth-order valence-corrected chi connectivity index (χ4v) is 9.31. The highest BCUT2D eigenvalue weighted by Gasteiger charge is 2.54. The highest BCUT2D eigenvalue weighted by atomic mass is 32.2. The Balaban J connectivity index is 1.35. The summed E-state index contributed by atoms with van der Waals surface area (Å²) in [7, 11) is 0. The Bertz CT molecular complexity index is 1950. The zero-order valence-electron chi connectivity index (χ0n) is 26.2. The lowest BCUT2D eigenvalue weighted by molar-refractivity contribution is -0.162.